The Balaban J connectivity index is 1.57. The molecular formula is C19H19N5O3S. The minimum absolute atomic E-state index is 0.0632. The van der Waals surface area contributed by atoms with Gasteiger partial charge in [0.25, 0.3) is 10.0 Å². The second-order valence-corrected chi connectivity index (χ2v) is 8.26. The number of H-pyrrole nitrogens is 1. The van der Waals surface area contributed by atoms with E-state index in [2.05, 4.69) is 19.9 Å². The number of rotatable bonds is 5. The maximum atomic E-state index is 12.8. The Bertz CT molecular complexity index is 1130. The topological polar surface area (TPSA) is 108 Å². The van der Waals surface area contributed by atoms with Crippen LogP contribution in [-0.2, 0) is 14.8 Å². The smallest absolute Gasteiger partial charge is 0.263 e. The van der Waals surface area contributed by atoms with Crippen LogP contribution in [-0.4, -0.2) is 36.1 Å². The van der Waals surface area contributed by atoms with Crippen LogP contribution in [0.3, 0.4) is 0 Å². The predicted molar refractivity (Wildman–Crippen MR) is 105 cm³/mol. The van der Waals surface area contributed by atoms with Crippen LogP contribution < -0.4 is 9.62 Å². The van der Waals surface area contributed by atoms with Gasteiger partial charge in [-0.15, -0.1) is 0 Å². The Morgan fingerprint density at radius 2 is 1.93 bits per heavy atom. The molecule has 0 atom stereocenters. The fraction of sp³-hybridized carbons (Fsp3) is 0.211. The lowest BCUT2D eigenvalue weighted by molar-refractivity contribution is -0.117. The van der Waals surface area contributed by atoms with Gasteiger partial charge in [-0.05, 0) is 49.2 Å². The first-order valence-electron chi connectivity index (χ1n) is 8.84. The first-order valence-corrected chi connectivity index (χ1v) is 10.3. The van der Waals surface area contributed by atoms with Crippen LogP contribution in [0.2, 0.25) is 0 Å². The first-order chi connectivity index (χ1) is 13.4. The van der Waals surface area contributed by atoms with Crippen molar-refractivity contribution in [1.29, 1.82) is 0 Å². The van der Waals surface area contributed by atoms with Crippen molar-refractivity contribution >= 4 is 27.4 Å². The van der Waals surface area contributed by atoms with E-state index in [1.807, 2.05) is 0 Å². The third-order valence-corrected chi connectivity index (χ3v) is 6.16. The van der Waals surface area contributed by atoms with Gasteiger partial charge >= 0.3 is 0 Å². The SMILES string of the molecule is Cc1cc(N2CCCC2=O)ccc1S(=O)(=O)Nc1cc(-c2ccncc2)[nH]n1. The second-order valence-electron chi connectivity index (χ2n) is 6.61. The van der Waals surface area contributed by atoms with Crippen molar-refractivity contribution in [3.63, 3.8) is 0 Å². The molecule has 1 amide bonds. The van der Waals surface area contributed by atoms with E-state index in [0.29, 0.717) is 24.2 Å². The molecule has 1 aliphatic heterocycles. The van der Waals surface area contributed by atoms with E-state index in [0.717, 1.165) is 17.7 Å². The highest BCUT2D eigenvalue weighted by atomic mass is 32.2. The maximum absolute atomic E-state index is 12.8. The molecule has 1 aliphatic rings. The van der Waals surface area contributed by atoms with Crippen LogP contribution in [0.4, 0.5) is 11.5 Å². The van der Waals surface area contributed by atoms with Gasteiger partial charge in [0.05, 0.1) is 10.6 Å². The summed E-state index contributed by atoms with van der Waals surface area (Å²) in [6.45, 7) is 2.37. The highest BCUT2D eigenvalue weighted by Crippen LogP contribution is 2.27. The number of anilines is 2. The lowest BCUT2D eigenvalue weighted by Gasteiger charge is -2.17. The number of hydrogen-bond acceptors (Lipinski definition) is 5. The molecule has 9 heteroatoms. The van der Waals surface area contributed by atoms with Gasteiger partial charge in [-0.1, -0.05) is 0 Å². The number of pyridine rings is 1. The largest absolute Gasteiger partial charge is 0.312 e. The summed E-state index contributed by atoms with van der Waals surface area (Å²) >= 11 is 0. The molecule has 1 fully saturated rings. The van der Waals surface area contributed by atoms with E-state index in [1.165, 1.54) is 6.07 Å². The van der Waals surface area contributed by atoms with E-state index in [9.17, 15) is 13.2 Å². The van der Waals surface area contributed by atoms with Gasteiger partial charge in [0, 0.05) is 42.7 Å². The Hall–Kier alpha value is -3.20. The number of aromatic nitrogens is 3. The Morgan fingerprint density at radius 3 is 2.61 bits per heavy atom. The van der Waals surface area contributed by atoms with Crippen molar-refractivity contribution < 1.29 is 13.2 Å². The summed E-state index contributed by atoms with van der Waals surface area (Å²) in [4.78, 5) is 17.7. The fourth-order valence-electron chi connectivity index (χ4n) is 3.27. The maximum Gasteiger partial charge on any atom is 0.263 e. The summed E-state index contributed by atoms with van der Waals surface area (Å²) in [5.41, 5.74) is 2.82. The molecule has 4 rings (SSSR count). The molecule has 0 unspecified atom stereocenters. The molecule has 0 bridgehead atoms. The highest BCUT2D eigenvalue weighted by molar-refractivity contribution is 7.92. The van der Waals surface area contributed by atoms with E-state index >= 15 is 0 Å². The number of nitrogens with zero attached hydrogens (tertiary/aromatic N) is 3. The molecular weight excluding hydrogens is 378 g/mol. The van der Waals surface area contributed by atoms with Crippen molar-refractivity contribution in [2.75, 3.05) is 16.2 Å². The van der Waals surface area contributed by atoms with Crippen molar-refractivity contribution in [3.8, 4) is 11.3 Å². The molecule has 1 aromatic carbocycles. The third-order valence-electron chi connectivity index (χ3n) is 4.64. The van der Waals surface area contributed by atoms with Gasteiger partial charge < -0.3 is 4.90 Å². The van der Waals surface area contributed by atoms with E-state index in [1.54, 1.807) is 54.5 Å². The average Bonchev–Trinajstić information content (AvgIpc) is 3.31. The molecule has 28 heavy (non-hydrogen) atoms. The zero-order chi connectivity index (χ0) is 19.7. The monoisotopic (exact) mass is 397 g/mol. The van der Waals surface area contributed by atoms with E-state index in [4.69, 9.17) is 0 Å². The van der Waals surface area contributed by atoms with Gasteiger partial charge in [-0.2, -0.15) is 5.10 Å². The standard InChI is InChI=1S/C19H19N5O3S/c1-13-11-15(24-10-2-3-19(24)25)4-5-17(13)28(26,27)23-18-12-16(21-22-18)14-6-8-20-9-7-14/h4-9,11-12H,2-3,10H2,1H3,(H2,21,22,23). The Morgan fingerprint density at radius 1 is 1.14 bits per heavy atom. The molecule has 8 nitrogen and oxygen atoms in total. The third kappa shape index (κ3) is 3.48. The summed E-state index contributed by atoms with van der Waals surface area (Å²) in [5, 5.41) is 6.85. The Kier molecular flexibility index (Phi) is 4.60. The molecule has 3 aromatic rings. The number of aromatic amines is 1. The zero-order valence-electron chi connectivity index (χ0n) is 15.2. The number of carbonyl (C=O) groups excluding carboxylic acids is 1. The van der Waals surface area contributed by atoms with Gasteiger partial charge in [0.15, 0.2) is 5.82 Å². The number of nitrogens with one attached hydrogen (secondary N) is 2. The number of hydrogen-bond donors (Lipinski definition) is 2. The average molecular weight is 397 g/mol. The van der Waals surface area contributed by atoms with Gasteiger partial charge in [-0.3, -0.25) is 19.6 Å². The molecule has 0 saturated carbocycles. The molecule has 1 saturated heterocycles. The quantitative estimate of drug-likeness (QED) is 0.688. The molecule has 0 aliphatic carbocycles. The van der Waals surface area contributed by atoms with Crippen molar-refractivity contribution in [2.45, 2.75) is 24.7 Å². The molecule has 0 spiro atoms. The van der Waals surface area contributed by atoms with Crippen LogP contribution in [0, 0.1) is 6.92 Å². The number of amides is 1. The number of aryl methyl sites for hydroxylation is 1. The van der Waals surface area contributed by atoms with Crippen LogP contribution in [0.1, 0.15) is 18.4 Å². The molecule has 3 heterocycles. The number of benzene rings is 1. The lowest BCUT2D eigenvalue weighted by atomic mass is 10.2. The highest BCUT2D eigenvalue weighted by Gasteiger charge is 2.24. The molecule has 2 aromatic heterocycles. The number of carbonyl (C=O) groups is 1. The molecule has 2 N–H and O–H groups in total. The summed E-state index contributed by atoms with van der Waals surface area (Å²) in [6, 6.07) is 10.1. The number of sulfonamides is 1. The van der Waals surface area contributed by atoms with Gasteiger partial charge in [0.1, 0.15) is 0 Å². The van der Waals surface area contributed by atoms with Gasteiger partial charge in [0.2, 0.25) is 5.91 Å². The summed E-state index contributed by atoms with van der Waals surface area (Å²) in [6.07, 6.45) is 4.64. The van der Waals surface area contributed by atoms with Crippen LogP contribution in [0.5, 0.6) is 0 Å². The summed E-state index contributed by atoms with van der Waals surface area (Å²) in [7, 11) is -3.81. The lowest BCUT2D eigenvalue weighted by Crippen LogP contribution is -2.24. The van der Waals surface area contributed by atoms with E-state index < -0.39 is 10.0 Å². The second kappa shape index (κ2) is 7.08. The van der Waals surface area contributed by atoms with E-state index in [-0.39, 0.29) is 16.6 Å². The Labute approximate surface area is 162 Å². The van der Waals surface area contributed by atoms with Crippen molar-refractivity contribution in [2.24, 2.45) is 0 Å². The summed E-state index contributed by atoms with van der Waals surface area (Å²) < 4.78 is 28.1. The van der Waals surface area contributed by atoms with Crippen LogP contribution >= 0.6 is 0 Å². The molecule has 144 valence electrons. The predicted octanol–water partition coefficient (Wildman–Crippen LogP) is 2.71. The first kappa shape index (κ1) is 18.2. The minimum atomic E-state index is -3.81. The van der Waals surface area contributed by atoms with Crippen molar-refractivity contribution in [1.82, 2.24) is 15.2 Å². The normalized spacial score (nSPS) is 14.5. The zero-order valence-corrected chi connectivity index (χ0v) is 16.0. The summed E-state index contributed by atoms with van der Waals surface area (Å²) in [5.74, 6) is 0.262. The minimum Gasteiger partial charge on any atom is -0.312 e. The van der Waals surface area contributed by atoms with Gasteiger partial charge in [-0.25, -0.2) is 8.42 Å². The molecule has 0 radical (unpaired) electrons. The fourth-order valence-corrected chi connectivity index (χ4v) is 4.49. The van der Waals surface area contributed by atoms with Crippen molar-refractivity contribution in [3.05, 3.63) is 54.4 Å². The van der Waals surface area contributed by atoms with Crippen LogP contribution in [0.15, 0.2) is 53.7 Å². The van der Waals surface area contributed by atoms with Crippen LogP contribution in [0.25, 0.3) is 11.3 Å².